The van der Waals surface area contributed by atoms with E-state index < -0.39 is 5.54 Å². The van der Waals surface area contributed by atoms with Crippen LogP contribution in [0.5, 0.6) is 0 Å². The van der Waals surface area contributed by atoms with Gasteiger partial charge < -0.3 is 10.6 Å². The number of rotatable bonds is 3. The molecule has 18 heavy (non-hydrogen) atoms. The van der Waals surface area contributed by atoms with E-state index in [1.807, 2.05) is 18.7 Å². The molecule has 2 aliphatic heterocycles. The van der Waals surface area contributed by atoms with Gasteiger partial charge in [0.15, 0.2) is 0 Å². The van der Waals surface area contributed by atoms with E-state index in [-0.39, 0.29) is 5.91 Å². The largest absolute Gasteiger partial charge is 0.341 e. The topological polar surface area (TPSA) is 49.6 Å². The first kappa shape index (κ1) is 13.8. The van der Waals surface area contributed by atoms with Crippen molar-refractivity contribution in [2.45, 2.75) is 57.5 Å². The molecule has 2 fully saturated rings. The summed E-state index contributed by atoms with van der Waals surface area (Å²) in [6.45, 7) is 8.11. The molecule has 4 heteroatoms. The number of nitrogens with two attached hydrogens (primary N) is 1. The third kappa shape index (κ3) is 3.69. The maximum Gasteiger partial charge on any atom is 0.224 e. The first-order chi connectivity index (χ1) is 8.46. The Morgan fingerprint density at radius 2 is 1.89 bits per heavy atom. The van der Waals surface area contributed by atoms with Crippen molar-refractivity contribution in [3.05, 3.63) is 0 Å². The predicted molar refractivity (Wildman–Crippen MR) is 73.3 cm³/mol. The Morgan fingerprint density at radius 3 is 2.50 bits per heavy atom. The number of hydrogen-bond acceptors (Lipinski definition) is 3. The number of piperidine rings is 1. The Labute approximate surface area is 110 Å². The van der Waals surface area contributed by atoms with Crippen molar-refractivity contribution in [2.24, 2.45) is 5.73 Å². The Bertz CT molecular complexity index is 292. The van der Waals surface area contributed by atoms with E-state index in [1.54, 1.807) is 0 Å². The highest BCUT2D eigenvalue weighted by Crippen LogP contribution is 2.21. The van der Waals surface area contributed by atoms with Crippen LogP contribution < -0.4 is 5.73 Å². The number of likely N-dealkylation sites (tertiary alicyclic amines) is 2. The standard InChI is InChI=1S/C14H27N3O/c1-14(2,15)10-13(18)17-9-5-6-12(11-17)16-7-3-4-8-16/h12H,3-11,15H2,1-2H3. The molecule has 4 nitrogen and oxygen atoms in total. The molecule has 2 aliphatic rings. The van der Waals surface area contributed by atoms with E-state index in [0.29, 0.717) is 12.5 Å². The molecule has 0 aromatic carbocycles. The summed E-state index contributed by atoms with van der Waals surface area (Å²) in [6, 6.07) is 0.589. The minimum atomic E-state index is -0.391. The molecule has 2 rings (SSSR count). The van der Waals surface area contributed by atoms with Gasteiger partial charge in [-0.15, -0.1) is 0 Å². The molecule has 2 heterocycles. The molecule has 0 saturated carbocycles. The fourth-order valence-electron chi connectivity index (χ4n) is 3.09. The maximum absolute atomic E-state index is 12.2. The molecule has 1 unspecified atom stereocenters. The molecule has 0 bridgehead atoms. The van der Waals surface area contributed by atoms with Crippen LogP contribution >= 0.6 is 0 Å². The first-order valence-corrected chi connectivity index (χ1v) is 7.26. The van der Waals surface area contributed by atoms with Gasteiger partial charge >= 0.3 is 0 Å². The minimum Gasteiger partial charge on any atom is -0.341 e. The van der Waals surface area contributed by atoms with Gasteiger partial charge in [-0.2, -0.15) is 0 Å². The quantitative estimate of drug-likeness (QED) is 0.822. The zero-order valence-corrected chi connectivity index (χ0v) is 11.8. The molecule has 0 aromatic rings. The fraction of sp³-hybridized carbons (Fsp3) is 0.929. The van der Waals surface area contributed by atoms with Gasteiger partial charge in [-0.1, -0.05) is 0 Å². The summed E-state index contributed by atoms with van der Waals surface area (Å²) >= 11 is 0. The maximum atomic E-state index is 12.2. The van der Waals surface area contributed by atoms with E-state index in [0.717, 1.165) is 19.5 Å². The summed E-state index contributed by atoms with van der Waals surface area (Å²) < 4.78 is 0. The van der Waals surface area contributed by atoms with E-state index >= 15 is 0 Å². The third-order valence-corrected chi connectivity index (χ3v) is 4.01. The van der Waals surface area contributed by atoms with Crippen LogP contribution in [0.1, 0.15) is 46.0 Å². The van der Waals surface area contributed by atoms with Crippen LogP contribution in [0.4, 0.5) is 0 Å². The lowest BCUT2D eigenvalue weighted by atomic mass is 9.99. The molecule has 1 atom stereocenters. The number of nitrogens with zero attached hydrogens (tertiary/aromatic N) is 2. The molecule has 2 N–H and O–H groups in total. The van der Waals surface area contributed by atoms with Gasteiger partial charge in [0.25, 0.3) is 0 Å². The normalized spacial score (nSPS) is 26.6. The number of amides is 1. The second-order valence-electron chi connectivity index (χ2n) is 6.54. The Kier molecular flexibility index (Phi) is 4.28. The number of carbonyl (C=O) groups excluding carboxylic acids is 1. The molecule has 0 radical (unpaired) electrons. The molecular weight excluding hydrogens is 226 g/mol. The molecular formula is C14H27N3O. The molecule has 0 aromatic heterocycles. The van der Waals surface area contributed by atoms with E-state index in [4.69, 9.17) is 5.73 Å². The smallest absolute Gasteiger partial charge is 0.224 e. The average molecular weight is 253 g/mol. The highest BCUT2D eigenvalue weighted by molar-refractivity contribution is 5.77. The van der Waals surface area contributed by atoms with Gasteiger partial charge in [0, 0.05) is 31.1 Å². The predicted octanol–water partition coefficient (Wildman–Crippen LogP) is 1.20. The molecule has 2 saturated heterocycles. The lowest BCUT2D eigenvalue weighted by molar-refractivity contribution is -0.134. The summed E-state index contributed by atoms with van der Waals surface area (Å²) in [5.74, 6) is 0.228. The van der Waals surface area contributed by atoms with E-state index in [1.165, 1.54) is 32.4 Å². The van der Waals surface area contributed by atoms with Gasteiger partial charge in [0.2, 0.25) is 5.91 Å². The molecule has 1 amide bonds. The zero-order valence-electron chi connectivity index (χ0n) is 11.8. The average Bonchev–Trinajstić information content (AvgIpc) is 2.80. The van der Waals surface area contributed by atoms with Gasteiger partial charge in [-0.3, -0.25) is 9.69 Å². The highest BCUT2D eigenvalue weighted by Gasteiger charge is 2.30. The Balaban J connectivity index is 1.87. The number of hydrogen-bond donors (Lipinski definition) is 1. The summed E-state index contributed by atoms with van der Waals surface area (Å²) in [7, 11) is 0. The second-order valence-corrected chi connectivity index (χ2v) is 6.54. The summed E-state index contributed by atoms with van der Waals surface area (Å²) in [6.07, 6.45) is 5.48. The second kappa shape index (κ2) is 5.57. The van der Waals surface area contributed by atoms with Crippen molar-refractivity contribution in [2.75, 3.05) is 26.2 Å². The van der Waals surface area contributed by atoms with Crippen LogP contribution in [0, 0.1) is 0 Å². The number of carbonyl (C=O) groups is 1. The van der Waals surface area contributed by atoms with Crippen molar-refractivity contribution in [1.82, 2.24) is 9.80 Å². The van der Waals surface area contributed by atoms with Gasteiger partial charge in [-0.25, -0.2) is 0 Å². The molecule has 0 aliphatic carbocycles. The van der Waals surface area contributed by atoms with Crippen LogP contribution in [-0.2, 0) is 4.79 Å². The summed E-state index contributed by atoms with van der Waals surface area (Å²) in [4.78, 5) is 16.8. The Morgan fingerprint density at radius 1 is 1.22 bits per heavy atom. The van der Waals surface area contributed by atoms with Gasteiger partial charge in [0.05, 0.1) is 0 Å². The van der Waals surface area contributed by atoms with Gasteiger partial charge in [-0.05, 0) is 52.6 Å². The fourth-order valence-corrected chi connectivity index (χ4v) is 3.09. The van der Waals surface area contributed by atoms with Crippen molar-refractivity contribution < 1.29 is 4.79 Å². The van der Waals surface area contributed by atoms with E-state index in [2.05, 4.69) is 4.90 Å². The van der Waals surface area contributed by atoms with Crippen LogP contribution in [-0.4, -0.2) is 53.5 Å². The van der Waals surface area contributed by atoms with Crippen molar-refractivity contribution in [3.8, 4) is 0 Å². The first-order valence-electron chi connectivity index (χ1n) is 7.26. The van der Waals surface area contributed by atoms with Crippen molar-refractivity contribution in [1.29, 1.82) is 0 Å². The lowest BCUT2D eigenvalue weighted by Crippen LogP contribution is -2.50. The van der Waals surface area contributed by atoms with Crippen molar-refractivity contribution >= 4 is 5.91 Å². The summed E-state index contributed by atoms with van der Waals surface area (Å²) in [5.41, 5.74) is 5.55. The van der Waals surface area contributed by atoms with Crippen LogP contribution in [0.15, 0.2) is 0 Å². The third-order valence-electron chi connectivity index (χ3n) is 4.01. The lowest BCUT2D eigenvalue weighted by Gasteiger charge is -2.38. The van der Waals surface area contributed by atoms with Crippen LogP contribution in [0.2, 0.25) is 0 Å². The summed E-state index contributed by atoms with van der Waals surface area (Å²) in [5, 5.41) is 0. The van der Waals surface area contributed by atoms with Crippen molar-refractivity contribution in [3.63, 3.8) is 0 Å². The van der Waals surface area contributed by atoms with Crippen LogP contribution in [0.3, 0.4) is 0 Å². The van der Waals surface area contributed by atoms with Gasteiger partial charge in [0.1, 0.15) is 0 Å². The molecule has 0 spiro atoms. The zero-order chi connectivity index (χ0) is 13.2. The van der Waals surface area contributed by atoms with Crippen LogP contribution in [0.25, 0.3) is 0 Å². The molecule has 104 valence electrons. The Hall–Kier alpha value is -0.610. The van der Waals surface area contributed by atoms with E-state index in [9.17, 15) is 4.79 Å². The highest BCUT2D eigenvalue weighted by atomic mass is 16.2. The monoisotopic (exact) mass is 253 g/mol. The minimum absolute atomic E-state index is 0.228. The SMILES string of the molecule is CC(C)(N)CC(=O)N1CCCC(N2CCCC2)C1.